The number of thiazole rings is 1. The molecular formula is C13H15N3O2S. The second-order valence-corrected chi connectivity index (χ2v) is 5.01. The zero-order valence-corrected chi connectivity index (χ0v) is 11.1. The summed E-state index contributed by atoms with van der Waals surface area (Å²) < 4.78 is 0. The number of aromatic nitrogens is 1. The molecule has 0 aliphatic rings. The average Bonchev–Trinajstić information content (AvgIpc) is 2.77. The molecule has 2 rings (SSSR count). The molecule has 6 heteroatoms. The number of nitrogen functional groups attached to an aromatic ring is 1. The van der Waals surface area contributed by atoms with Crippen LogP contribution in [0.25, 0.3) is 0 Å². The Kier molecular flexibility index (Phi) is 4.35. The number of phenolic OH excluding ortho intramolecular Hbond substituents is 1. The topological polar surface area (TPSA) is 88.2 Å². The van der Waals surface area contributed by atoms with Crippen molar-refractivity contribution in [3.63, 3.8) is 0 Å². The van der Waals surface area contributed by atoms with Gasteiger partial charge in [0.2, 0.25) is 5.91 Å². The lowest BCUT2D eigenvalue weighted by Crippen LogP contribution is -2.27. The predicted molar refractivity (Wildman–Crippen MR) is 75.1 cm³/mol. The first kappa shape index (κ1) is 13.4. The number of carbonyl (C=O) groups is 1. The number of amides is 1. The number of nitrogens with zero attached hydrogens (tertiary/aromatic N) is 1. The van der Waals surface area contributed by atoms with E-state index in [1.54, 1.807) is 17.5 Å². The van der Waals surface area contributed by atoms with Crippen LogP contribution >= 0.6 is 11.3 Å². The van der Waals surface area contributed by atoms with E-state index in [2.05, 4.69) is 10.3 Å². The molecule has 0 radical (unpaired) electrons. The van der Waals surface area contributed by atoms with Gasteiger partial charge in [-0.05, 0) is 24.1 Å². The summed E-state index contributed by atoms with van der Waals surface area (Å²) in [6.07, 6.45) is 0.981. The monoisotopic (exact) mass is 277 g/mol. The highest BCUT2D eigenvalue weighted by atomic mass is 32.1. The quantitative estimate of drug-likeness (QED) is 0.769. The lowest BCUT2D eigenvalue weighted by Gasteiger charge is -2.04. The molecule has 1 heterocycles. The fraction of sp³-hybridized carbons (Fsp3) is 0.231. The first-order valence-electron chi connectivity index (χ1n) is 5.88. The molecule has 0 atom stereocenters. The maximum atomic E-state index is 11.6. The van der Waals surface area contributed by atoms with Gasteiger partial charge in [0, 0.05) is 11.9 Å². The van der Waals surface area contributed by atoms with Gasteiger partial charge >= 0.3 is 0 Å². The number of phenols is 1. The molecule has 0 bridgehead atoms. The van der Waals surface area contributed by atoms with E-state index in [0.29, 0.717) is 17.4 Å². The van der Waals surface area contributed by atoms with Crippen LogP contribution in [-0.2, 0) is 17.6 Å². The van der Waals surface area contributed by atoms with Crippen LogP contribution in [0.1, 0.15) is 11.3 Å². The SMILES string of the molecule is Nc1nc(CC(=O)NCCc2ccc(O)cc2)cs1. The van der Waals surface area contributed by atoms with Gasteiger partial charge in [0.05, 0.1) is 12.1 Å². The predicted octanol–water partition coefficient (Wildman–Crippen LogP) is 1.33. The summed E-state index contributed by atoms with van der Waals surface area (Å²) in [5.41, 5.74) is 7.26. The number of rotatable bonds is 5. The van der Waals surface area contributed by atoms with Crippen molar-refractivity contribution in [1.82, 2.24) is 10.3 Å². The molecule has 1 aromatic carbocycles. The van der Waals surface area contributed by atoms with Gasteiger partial charge in [-0.25, -0.2) is 4.98 Å². The van der Waals surface area contributed by atoms with E-state index < -0.39 is 0 Å². The fourth-order valence-electron chi connectivity index (χ4n) is 1.64. The van der Waals surface area contributed by atoms with Crippen molar-refractivity contribution in [2.24, 2.45) is 0 Å². The Morgan fingerprint density at radius 2 is 2.11 bits per heavy atom. The van der Waals surface area contributed by atoms with Gasteiger partial charge in [-0.1, -0.05) is 12.1 Å². The molecule has 100 valence electrons. The number of hydrogen-bond acceptors (Lipinski definition) is 5. The van der Waals surface area contributed by atoms with Crippen LogP contribution in [0.2, 0.25) is 0 Å². The van der Waals surface area contributed by atoms with Gasteiger partial charge in [0.15, 0.2) is 5.13 Å². The Morgan fingerprint density at radius 3 is 2.74 bits per heavy atom. The molecule has 0 saturated carbocycles. The van der Waals surface area contributed by atoms with Crippen LogP contribution in [0.3, 0.4) is 0 Å². The van der Waals surface area contributed by atoms with Crippen LogP contribution < -0.4 is 11.1 Å². The van der Waals surface area contributed by atoms with Gasteiger partial charge in [0.25, 0.3) is 0 Å². The number of hydrogen-bond donors (Lipinski definition) is 3. The number of nitrogens with one attached hydrogen (secondary N) is 1. The molecule has 1 aromatic heterocycles. The maximum Gasteiger partial charge on any atom is 0.226 e. The third-order valence-corrected chi connectivity index (χ3v) is 3.31. The maximum absolute atomic E-state index is 11.6. The van der Waals surface area contributed by atoms with Crippen molar-refractivity contribution >= 4 is 22.4 Å². The Labute approximate surface area is 115 Å². The normalized spacial score (nSPS) is 10.3. The Balaban J connectivity index is 1.73. The summed E-state index contributed by atoms with van der Waals surface area (Å²) in [5.74, 6) is 0.179. The molecule has 0 fully saturated rings. The van der Waals surface area contributed by atoms with Crippen molar-refractivity contribution in [3.05, 3.63) is 40.9 Å². The van der Waals surface area contributed by atoms with Crippen LogP contribution in [0.4, 0.5) is 5.13 Å². The van der Waals surface area contributed by atoms with Gasteiger partial charge < -0.3 is 16.2 Å². The lowest BCUT2D eigenvalue weighted by atomic mass is 10.1. The Bertz CT molecular complexity index is 551. The molecule has 0 saturated heterocycles. The molecule has 0 aliphatic heterocycles. The number of anilines is 1. The van der Waals surface area contributed by atoms with E-state index in [-0.39, 0.29) is 18.1 Å². The zero-order chi connectivity index (χ0) is 13.7. The van der Waals surface area contributed by atoms with E-state index in [0.717, 1.165) is 12.0 Å². The summed E-state index contributed by atoms with van der Waals surface area (Å²) in [6, 6.07) is 6.94. The van der Waals surface area contributed by atoms with Crippen LogP contribution in [0, 0.1) is 0 Å². The summed E-state index contributed by atoms with van der Waals surface area (Å²) in [5, 5.41) is 14.2. The van der Waals surface area contributed by atoms with Crippen molar-refractivity contribution in [2.75, 3.05) is 12.3 Å². The summed E-state index contributed by atoms with van der Waals surface area (Å²) in [7, 11) is 0. The molecule has 0 spiro atoms. The van der Waals surface area contributed by atoms with Crippen LogP contribution in [-0.4, -0.2) is 22.5 Å². The molecule has 1 amide bonds. The average molecular weight is 277 g/mol. The van der Waals surface area contributed by atoms with Crippen molar-refractivity contribution in [2.45, 2.75) is 12.8 Å². The number of carbonyl (C=O) groups excluding carboxylic acids is 1. The molecule has 5 nitrogen and oxygen atoms in total. The first-order chi connectivity index (χ1) is 9.13. The largest absolute Gasteiger partial charge is 0.508 e. The standard InChI is InChI=1S/C13H15N3O2S/c14-13-16-10(8-19-13)7-12(18)15-6-5-9-1-3-11(17)4-2-9/h1-4,8,17H,5-7H2,(H2,14,16)(H,15,18). The summed E-state index contributed by atoms with van der Waals surface area (Å²) >= 11 is 1.33. The highest BCUT2D eigenvalue weighted by molar-refractivity contribution is 7.13. The fourth-order valence-corrected chi connectivity index (χ4v) is 2.20. The third-order valence-electron chi connectivity index (χ3n) is 2.58. The Hall–Kier alpha value is -2.08. The second-order valence-electron chi connectivity index (χ2n) is 4.12. The molecule has 0 unspecified atom stereocenters. The Morgan fingerprint density at radius 1 is 1.37 bits per heavy atom. The first-order valence-corrected chi connectivity index (χ1v) is 6.76. The van der Waals surface area contributed by atoms with Crippen LogP contribution in [0.15, 0.2) is 29.6 Å². The van der Waals surface area contributed by atoms with E-state index in [1.165, 1.54) is 11.3 Å². The van der Waals surface area contributed by atoms with E-state index >= 15 is 0 Å². The van der Waals surface area contributed by atoms with Crippen molar-refractivity contribution < 1.29 is 9.90 Å². The summed E-state index contributed by atoms with van der Waals surface area (Å²) in [4.78, 5) is 15.7. The molecule has 19 heavy (non-hydrogen) atoms. The molecular weight excluding hydrogens is 262 g/mol. The van der Waals surface area contributed by atoms with E-state index in [9.17, 15) is 4.79 Å². The lowest BCUT2D eigenvalue weighted by molar-refractivity contribution is -0.120. The second kappa shape index (κ2) is 6.19. The minimum atomic E-state index is -0.0657. The summed E-state index contributed by atoms with van der Waals surface area (Å²) in [6.45, 7) is 0.559. The van der Waals surface area contributed by atoms with E-state index in [4.69, 9.17) is 10.8 Å². The van der Waals surface area contributed by atoms with E-state index in [1.807, 2.05) is 12.1 Å². The smallest absolute Gasteiger partial charge is 0.226 e. The molecule has 4 N–H and O–H groups in total. The number of aromatic hydroxyl groups is 1. The zero-order valence-electron chi connectivity index (χ0n) is 10.3. The molecule has 0 aliphatic carbocycles. The van der Waals surface area contributed by atoms with Crippen molar-refractivity contribution in [1.29, 1.82) is 0 Å². The van der Waals surface area contributed by atoms with Crippen molar-refractivity contribution in [3.8, 4) is 5.75 Å². The number of nitrogens with two attached hydrogens (primary N) is 1. The third kappa shape index (κ3) is 4.26. The highest BCUT2D eigenvalue weighted by Gasteiger charge is 2.06. The number of benzene rings is 1. The van der Waals surface area contributed by atoms with Gasteiger partial charge in [-0.2, -0.15) is 0 Å². The van der Waals surface area contributed by atoms with Gasteiger partial charge in [-0.15, -0.1) is 11.3 Å². The minimum Gasteiger partial charge on any atom is -0.508 e. The molecule has 2 aromatic rings. The van der Waals surface area contributed by atoms with Crippen LogP contribution in [0.5, 0.6) is 5.75 Å². The van der Waals surface area contributed by atoms with Gasteiger partial charge in [0.1, 0.15) is 5.75 Å². The highest BCUT2D eigenvalue weighted by Crippen LogP contribution is 2.11. The van der Waals surface area contributed by atoms with Gasteiger partial charge in [-0.3, -0.25) is 4.79 Å². The minimum absolute atomic E-state index is 0.0657.